The normalized spacial score (nSPS) is 18.9. The van der Waals surface area contributed by atoms with E-state index < -0.39 is 11.4 Å². The molecular formula is C11H19NO3S. The quantitative estimate of drug-likeness (QED) is 0.527. The number of carbonyl (C=O) groups is 2. The Morgan fingerprint density at radius 1 is 1.50 bits per heavy atom. The van der Waals surface area contributed by atoms with Crippen LogP contribution in [-0.2, 0) is 9.59 Å². The number of aliphatic carboxylic acids is 1. The van der Waals surface area contributed by atoms with E-state index in [2.05, 4.69) is 12.2 Å². The number of carbonyl (C=O) groups excluding carboxylic acids is 1. The predicted octanol–water partition coefficient (Wildman–Crippen LogP) is 1.50. The van der Waals surface area contributed by atoms with E-state index in [1.807, 2.05) is 18.7 Å². The Hall–Kier alpha value is -0.710. The number of nitrogens with one attached hydrogen (secondary N) is 1. The molecule has 1 atom stereocenters. The summed E-state index contributed by atoms with van der Waals surface area (Å²) in [5.74, 6) is 0.770. The van der Waals surface area contributed by atoms with Gasteiger partial charge in [-0.1, -0.05) is 6.92 Å². The molecule has 0 radical (unpaired) electrons. The van der Waals surface area contributed by atoms with Gasteiger partial charge >= 0.3 is 5.97 Å². The Labute approximate surface area is 100 Å². The first kappa shape index (κ1) is 13.4. The fourth-order valence-corrected chi connectivity index (χ4v) is 2.31. The van der Waals surface area contributed by atoms with Gasteiger partial charge in [-0.05, 0) is 37.7 Å². The standard InChI is InChI=1S/C11H19NO3S/c1-3-16-7-4-8(2)12-9(13)11(5-6-11)10(14)15/h8H,3-7H2,1-2H3,(H,12,13)(H,14,15). The minimum Gasteiger partial charge on any atom is -0.480 e. The van der Waals surface area contributed by atoms with Crippen molar-refractivity contribution in [3.8, 4) is 0 Å². The Bertz CT molecular complexity index is 276. The third kappa shape index (κ3) is 3.14. The van der Waals surface area contributed by atoms with Crippen molar-refractivity contribution in [3.63, 3.8) is 0 Å². The lowest BCUT2D eigenvalue weighted by molar-refractivity contribution is -0.149. The zero-order chi connectivity index (χ0) is 12.2. The summed E-state index contributed by atoms with van der Waals surface area (Å²) < 4.78 is 0. The second-order valence-corrected chi connectivity index (χ2v) is 5.64. The molecule has 1 aliphatic carbocycles. The summed E-state index contributed by atoms with van der Waals surface area (Å²) in [6.45, 7) is 4.02. The lowest BCUT2D eigenvalue weighted by Gasteiger charge is -2.16. The lowest BCUT2D eigenvalue weighted by Crippen LogP contribution is -2.41. The van der Waals surface area contributed by atoms with E-state index >= 15 is 0 Å². The maximum atomic E-state index is 11.7. The Balaban J connectivity index is 2.31. The van der Waals surface area contributed by atoms with Crippen LogP contribution >= 0.6 is 11.8 Å². The third-order valence-electron chi connectivity index (χ3n) is 2.87. The van der Waals surface area contributed by atoms with E-state index in [9.17, 15) is 9.59 Å². The van der Waals surface area contributed by atoms with Crippen molar-refractivity contribution in [2.45, 2.75) is 39.2 Å². The number of amides is 1. The van der Waals surface area contributed by atoms with Gasteiger partial charge in [-0.2, -0.15) is 11.8 Å². The van der Waals surface area contributed by atoms with Crippen LogP contribution in [0.4, 0.5) is 0 Å². The van der Waals surface area contributed by atoms with Gasteiger partial charge in [0.25, 0.3) is 0 Å². The Morgan fingerprint density at radius 3 is 2.56 bits per heavy atom. The van der Waals surface area contributed by atoms with E-state index in [4.69, 9.17) is 5.11 Å². The SMILES string of the molecule is CCSCCC(C)NC(=O)C1(C(=O)O)CC1. The van der Waals surface area contributed by atoms with Crippen LogP contribution in [-0.4, -0.2) is 34.5 Å². The zero-order valence-corrected chi connectivity index (χ0v) is 10.6. The molecule has 1 fully saturated rings. The molecule has 4 nitrogen and oxygen atoms in total. The van der Waals surface area contributed by atoms with Crippen LogP contribution in [0.15, 0.2) is 0 Å². The van der Waals surface area contributed by atoms with E-state index in [0.29, 0.717) is 12.8 Å². The average Bonchev–Trinajstić information content (AvgIpc) is 2.98. The van der Waals surface area contributed by atoms with Crippen LogP contribution in [0.2, 0.25) is 0 Å². The van der Waals surface area contributed by atoms with Crippen molar-refractivity contribution in [1.82, 2.24) is 5.32 Å². The largest absolute Gasteiger partial charge is 0.480 e. The van der Waals surface area contributed by atoms with Crippen molar-refractivity contribution in [2.24, 2.45) is 5.41 Å². The van der Waals surface area contributed by atoms with Gasteiger partial charge in [0.1, 0.15) is 5.41 Å². The maximum Gasteiger partial charge on any atom is 0.319 e. The molecule has 1 aliphatic rings. The fraction of sp³-hybridized carbons (Fsp3) is 0.818. The average molecular weight is 245 g/mol. The van der Waals surface area contributed by atoms with E-state index in [0.717, 1.165) is 17.9 Å². The highest BCUT2D eigenvalue weighted by molar-refractivity contribution is 7.99. The second kappa shape index (κ2) is 5.57. The molecule has 2 N–H and O–H groups in total. The molecule has 16 heavy (non-hydrogen) atoms. The number of thioether (sulfide) groups is 1. The molecule has 0 spiro atoms. The Morgan fingerprint density at radius 2 is 2.12 bits per heavy atom. The molecule has 5 heteroatoms. The molecule has 1 unspecified atom stereocenters. The van der Waals surface area contributed by atoms with Crippen molar-refractivity contribution < 1.29 is 14.7 Å². The van der Waals surface area contributed by atoms with Gasteiger partial charge in [-0.15, -0.1) is 0 Å². The fourth-order valence-electron chi connectivity index (χ4n) is 1.50. The van der Waals surface area contributed by atoms with Gasteiger partial charge in [0.2, 0.25) is 5.91 Å². The lowest BCUT2D eigenvalue weighted by atomic mass is 10.1. The molecule has 0 saturated heterocycles. The summed E-state index contributed by atoms with van der Waals surface area (Å²) in [7, 11) is 0. The third-order valence-corrected chi connectivity index (χ3v) is 3.80. The summed E-state index contributed by atoms with van der Waals surface area (Å²) >= 11 is 1.83. The first-order valence-corrected chi connectivity index (χ1v) is 6.80. The predicted molar refractivity (Wildman–Crippen MR) is 64.5 cm³/mol. The molecule has 1 rings (SSSR count). The molecule has 0 aromatic heterocycles. The topological polar surface area (TPSA) is 66.4 Å². The van der Waals surface area contributed by atoms with Crippen molar-refractivity contribution >= 4 is 23.6 Å². The van der Waals surface area contributed by atoms with E-state index in [-0.39, 0.29) is 11.9 Å². The smallest absolute Gasteiger partial charge is 0.319 e. The first-order valence-electron chi connectivity index (χ1n) is 5.65. The summed E-state index contributed by atoms with van der Waals surface area (Å²) in [5, 5.41) is 11.7. The van der Waals surface area contributed by atoms with Gasteiger partial charge in [-0.25, -0.2) is 0 Å². The van der Waals surface area contributed by atoms with Gasteiger partial charge in [0.15, 0.2) is 0 Å². The number of hydrogen-bond donors (Lipinski definition) is 2. The minimum atomic E-state index is -1.11. The highest BCUT2D eigenvalue weighted by Gasteiger charge is 2.57. The molecule has 0 heterocycles. The maximum absolute atomic E-state index is 11.7. The molecule has 1 amide bonds. The van der Waals surface area contributed by atoms with Crippen LogP contribution in [0, 0.1) is 5.41 Å². The summed E-state index contributed by atoms with van der Waals surface area (Å²) in [4.78, 5) is 22.6. The minimum absolute atomic E-state index is 0.0587. The molecule has 0 bridgehead atoms. The summed E-state index contributed by atoms with van der Waals surface area (Å²) in [6, 6.07) is 0.0587. The van der Waals surface area contributed by atoms with E-state index in [1.54, 1.807) is 0 Å². The monoisotopic (exact) mass is 245 g/mol. The van der Waals surface area contributed by atoms with E-state index in [1.165, 1.54) is 0 Å². The van der Waals surface area contributed by atoms with Crippen molar-refractivity contribution in [3.05, 3.63) is 0 Å². The Kier molecular flexibility index (Phi) is 4.65. The molecule has 0 aromatic carbocycles. The number of carboxylic acids is 1. The molecule has 1 saturated carbocycles. The van der Waals surface area contributed by atoms with Gasteiger partial charge in [-0.3, -0.25) is 9.59 Å². The number of hydrogen-bond acceptors (Lipinski definition) is 3. The van der Waals surface area contributed by atoms with Crippen LogP contribution < -0.4 is 5.32 Å². The van der Waals surface area contributed by atoms with Crippen molar-refractivity contribution in [2.75, 3.05) is 11.5 Å². The zero-order valence-electron chi connectivity index (χ0n) is 9.78. The van der Waals surface area contributed by atoms with Gasteiger partial charge in [0, 0.05) is 6.04 Å². The number of carboxylic acid groups (broad SMARTS) is 1. The van der Waals surface area contributed by atoms with Crippen LogP contribution in [0.25, 0.3) is 0 Å². The highest BCUT2D eigenvalue weighted by Crippen LogP contribution is 2.46. The highest BCUT2D eigenvalue weighted by atomic mass is 32.2. The molecule has 0 aromatic rings. The van der Waals surface area contributed by atoms with Crippen LogP contribution in [0.1, 0.15) is 33.1 Å². The van der Waals surface area contributed by atoms with Crippen molar-refractivity contribution in [1.29, 1.82) is 0 Å². The molecule has 92 valence electrons. The second-order valence-electron chi connectivity index (χ2n) is 4.25. The van der Waals surface area contributed by atoms with Gasteiger partial charge in [0.05, 0.1) is 0 Å². The summed E-state index contributed by atoms with van der Waals surface area (Å²) in [5.41, 5.74) is -1.11. The summed E-state index contributed by atoms with van der Waals surface area (Å²) in [6.07, 6.45) is 1.84. The van der Waals surface area contributed by atoms with Crippen LogP contribution in [0.3, 0.4) is 0 Å². The first-order chi connectivity index (χ1) is 7.53. The molecule has 0 aliphatic heterocycles. The molecular weight excluding hydrogens is 226 g/mol. The van der Waals surface area contributed by atoms with Gasteiger partial charge < -0.3 is 10.4 Å². The van der Waals surface area contributed by atoms with Crippen LogP contribution in [0.5, 0.6) is 0 Å². The number of rotatable bonds is 7.